The Morgan fingerprint density at radius 1 is 1.10 bits per heavy atom. The number of rotatable bonds is 9. The van der Waals surface area contributed by atoms with Gasteiger partial charge in [-0.05, 0) is 49.7 Å². The number of benzene rings is 1. The molecule has 1 aromatic heterocycles. The predicted octanol–water partition coefficient (Wildman–Crippen LogP) is 3.03. The Bertz CT molecular complexity index is 955. The first-order chi connectivity index (χ1) is 14.8. The van der Waals surface area contributed by atoms with Gasteiger partial charge in [0.25, 0.3) is 0 Å². The Morgan fingerprint density at radius 2 is 1.77 bits per heavy atom. The van der Waals surface area contributed by atoms with Gasteiger partial charge in [-0.1, -0.05) is 30.3 Å². The van der Waals surface area contributed by atoms with Crippen molar-refractivity contribution in [1.29, 1.82) is 0 Å². The third-order valence-corrected chi connectivity index (χ3v) is 6.73. The van der Waals surface area contributed by atoms with E-state index in [9.17, 15) is 8.42 Å². The third-order valence-electron chi connectivity index (χ3n) is 6.04. The lowest BCUT2D eigenvalue weighted by Gasteiger charge is -2.29. The van der Waals surface area contributed by atoms with Crippen LogP contribution in [0, 0.1) is 13.8 Å². The second-order valence-electron chi connectivity index (χ2n) is 8.61. The molecule has 170 valence electrons. The van der Waals surface area contributed by atoms with E-state index in [2.05, 4.69) is 35.1 Å². The monoisotopic (exact) mass is 447 g/mol. The van der Waals surface area contributed by atoms with Gasteiger partial charge in [0, 0.05) is 30.3 Å². The molecule has 3 rings (SSSR count). The molecule has 1 aromatic carbocycles. The largest absolute Gasteiger partial charge is 0.377 e. The number of hydrogen-bond donors (Lipinski definition) is 1. The molecule has 1 fully saturated rings. The zero-order valence-electron chi connectivity index (χ0n) is 19.0. The van der Waals surface area contributed by atoms with Gasteiger partial charge in [0.05, 0.1) is 24.9 Å². The van der Waals surface area contributed by atoms with Gasteiger partial charge in [-0.25, -0.2) is 13.1 Å². The molecular formula is C24H35N2O4S+. The molecule has 0 saturated heterocycles. The van der Waals surface area contributed by atoms with Crippen LogP contribution in [0.5, 0.6) is 0 Å². The first-order valence-electron chi connectivity index (χ1n) is 11.0. The number of aryl methyl sites for hydroxylation is 2. The van der Waals surface area contributed by atoms with Gasteiger partial charge in [0.2, 0.25) is 21.4 Å². The van der Waals surface area contributed by atoms with E-state index in [0.717, 1.165) is 42.6 Å². The summed E-state index contributed by atoms with van der Waals surface area (Å²) >= 11 is 0. The molecule has 1 atom stereocenters. The fourth-order valence-corrected chi connectivity index (χ4v) is 5.00. The second kappa shape index (κ2) is 10.6. The molecule has 0 aliphatic heterocycles. The van der Waals surface area contributed by atoms with Crippen molar-refractivity contribution in [2.24, 2.45) is 0 Å². The SMILES string of the molecule is CO[n+]1c(C)cc(C)cc1C(CNS(C)(=O)=O)COC1CCC(c2ccccc2)CC1. The summed E-state index contributed by atoms with van der Waals surface area (Å²) in [6.07, 6.45) is 5.64. The topological polar surface area (TPSA) is 68.5 Å². The number of ether oxygens (including phenoxy) is 1. The minimum absolute atomic E-state index is 0.153. The molecule has 31 heavy (non-hydrogen) atoms. The van der Waals surface area contributed by atoms with Crippen LogP contribution in [-0.2, 0) is 14.8 Å². The minimum Gasteiger partial charge on any atom is -0.377 e. The van der Waals surface area contributed by atoms with Crippen molar-refractivity contribution in [3.63, 3.8) is 0 Å². The van der Waals surface area contributed by atoms with Crippen LogP contribution in [0.15, 0.2) is 42.5 Å². The molecule has 0 bridgehead atoms. The molecule has 7 heteroatoms. The summed E-state index contributed by atoms with van der Waals surface area (Å²) in [5, 5.41) is 0. The van der Waals surface area contributed by atoms with Crippen molar-refractivity contribution in [3.05, 3.63) is 65.0 Å². The Morgan fingerprint density at radius 3 is 2.39 bits per heavy atom. The first kappa shape index (κ1) is 23.7. The average molecular weight is 448 g/mol. The maximum atomic E-state index is 11.7. The second-order valence-corrected chi connectivity index (χ2v) is 10.4. The summed E-state index contributed by atoms with van der Waals surface area (Å²) in [7, 11) is -1.68. The van der Waals surface area contributed by atoms with Crippen molar-refractivity contribution < 1.29 is 22.7 Å². The van der Waals surface area contributed by atoms with Gasteiger partial charge in [-0.2, -0.15) is 0 Å². The zero-order valence-corrected chi connectivity index (χ0v) is 19.8. The van der Waals surface area contributed by atoms with Crippen LogP contribution in [0.25, 0.3) is 0 Å². The van der Waals surface area contributed by atoms with E-state index in [4.69, 9.17) is 9.57 Å². The Hall–Kier alpha value is -1.96. The molecular weight excluding hydrogens is 412 g/mol. The van der Waals surface area contributed by atoms with Gasteiger partial charge in [0.1, 0.15) is 7.11 Å². The number of nitrogens with one attached hydrogen (secondary N) is 1. The molecule has 1 unspecified atom stereocenters. The molecule has 2 aromatic rings. The molecule has 1 N–H and O–H groups in total. The number of nitrogens with zero attached hydrogens (tertiary/aromatic N) is 1. The number of aromatic nitrogens is 1. The lowest BCUT2D eigenvalue weighted by molar-refractivity contribution is -0.895. The van der Waals surface area contributed by atoms with Crippen molar-refractivity contribution in [2.75, 3.05) is 26.5 Å². The van der Waals surface area contributed by atoms with Crippen molar-refractivity contribution >= 4 is 10.0 Å². The van der Waals surface area contributed by atoms with Crippen molar-refractivity contribution in [3.8, 4) is 0 Å². The van der Waals surface area contributed by atoms with Crippen molar-refractivity contribution in [2.45, 2.75) is 57.5 Å². The number of pyridine rings is 1. The van der Waals surface area contributed by atoms with E-state index in [0.29, 0.717) is 12.5 Å². The van der Waals surface area contributed by atoms with Crippen LogP contribution < -0.4 is 14.3 Å². The highest BCUT2D eigenvalue weighted by molar-refractivity contribution is 7.88. The highest BCUT2D eigenvalue weighted by atomic mass is 32.2. The van der Waals surface area contributed by atoms with E-state index in [1.54, 1.807) is 11.8 Å². The molecule has 1 aliphatic rings. The summed E-state index contributed by atoms with van der Waals surface area (Å²) in [5.41, 5.74) is 4.39. The van der Waals surface area contributed by atoms with Crippen LogP contribution in [0.3, 0.4) is 0 Å². The molecule has 0 amide bonds. The summed E-state index contributed by atoms with van der Waals surface area (Å²) in [6.45, 7) is 4.72. The summed E-state index contributed by atoms with van der Waals surface area (Å²) in [5.74, 6) is 0.443. The van der Waals surface area contributed by atoms with E-state index < -0.39 is 10.0 Å². The predicted molar refractivity (Wildman–Crippen MR) is 122 cm³/mol. The summed E-state index contributed by atoms with van der Waals surface area (Å²) in [6, 6.07) is 14.8. The summed E-state index contributed by atoms with van der Waals surface area (Å²) < 4.78 is 34.2. The van der Waals surface area contributed by atoms with E-state index in [-0.39, 0.29) is 18.6 Å². The highest BCUT2D eigenvalue weighted by Gasteiger charge is 2.30. The van der Waals surface area contributed by atoms with Crippen LogP contribution in [0.4, 0.5) is 0 Å². The minimum atomic E-state index is -3.30. The van der Waals surface area contributed by atoms with Crippen LogP contribution in [0.2, 0.25) is 0 Å². The molecule has 0 spiro atoms. The van der Waals surface area contributed by atoms with E-state index in [1.165, 1.54) is 11.8 Å². The fraction of sp³-hybridized carbons (Fsp3) is 0.542. The van der Waals surface area contributed by atoms with Gasteiger partial charge in [-0.3, -0.25) is 4.84 Å². The zero-order chi connectivity index (χ0) is 22.4. The molecule has 6 nitrogen and oxygen atoms in total. The van der Waals surface area contributed by atoms with Crippen LogP contribution >= 0.6 is 0 Å². The van der Waals surface area contributed by atoms with Crippen LogP contribution in [0.1, 0.15) is 60.0 Å². The average Bonchev–Trinajstić information content (AvgIpc) is 2.73. The lowest BCUT2D eigenvalue weighted by Crippen LogP contribution is -2.50. The Kier molecular flexibility index (Phi) is 8.08. The summed E-state index contributed by atoms with van der Waals surface area (Å²) in [4.78, 5) is 5.58. The molecule has 1 heterocycles. The van der Waals surface area contributed by atoms with Gasteiger partial charge in [-0.15, -0.1) is 0 Å². The fourth-order valence-electron chi connectivity index (χ4n) is 4.50. The maximum absolute atomic E-state index is 11.7. The van der Waals surface area contributed by atoms with Crippen LogP contribution in [-0.4, -0.2) is 41.0 Å². The third kappa shape index (κ3) is 6.76. The quantitative estimate of drug-likeness (QED) is 0.600. The number of hydrogen-bond acceptors (Lipinski definition) is 4. The Balaban J connectivity index is 1.67. The number of sulfonamides is 1. The Labute approximate surface area is 186 Å². The molecule has 1 saturated carbocycles. The molecule has 1 aliphatic carbocycles. The lowest BCUT2D eigenvalue weighted by atomic mass is 9.83. The smallest absolute Gasteiger partial charge is 0.241 e. The van der Waals surface area contributed by atoms with Gasteiger partial charge >= 0.3 is 0 Å². The highest BCUT2D eigenvalue weighted by Crippen LogP contribution is 2.34. The molecule has 0 radical (unpaired) electrons. The first-order valence-corrected chi connectivity index (χ1v) is 12.8. The van der Waals surface area contributed by atoms with E-state index >= 15 is 0 Å². The van der Waals surface area contributed by atoms with Crippen molar-refractivity contribution in [1.82, 2.24) is 4.72 Å². The maximum Gasteiger partial charge on any atom is 0.241 e. The van der Waals surface area contributed by atoms with E-state index in [1.807, 2.05) is 26.0 Å². The normalized spacial score (nSPS) is 20.4. The van der Waals surface area contributed by atoms with Gasteiger partial charge < -0.3 is 4.74 Å². The standard InChI is InChI=1S/C24H35N2O4S/c1-18-14-19(2)26(29-3)24(15-18)22(16-25-31(4,27)28)17-30-23-12-10-21(11-13-23)20-8-6-5-7-9-20/h5-9,14-15,21-23,25H,10-13,16-17H2,1-4H3/q+1. The van der Waals surface area contributed by atoms with Gasteiger partial charge in [0.15, 0.2) is 0 Å².